The second-order valence-electron chi connectivity index (χ2n) is 6.17. The lowest BCUT2D eigenvalue weighted by Gasteiger charge is -2.14. The smallest absolute Gasteiger partial charge is 0.238 e. The summed E-state index contributed by atoms with van der Waals surface area (Å²) >= 11 is 0. The van der Waals surface area contributed by atoms with Crippen LogP contribution >= 0.6 is 0 Å². The molecule has 0 spiro atoms. The summed E-state index contributed by atoms with van der Waals surface area (Å²) in [5, 5.41) is 6.10. The summed E-state index contributed by atoms with van der Waals surface area (Å²) in [6.45, 7) is 0. The van der Waals surface area contributed by atoms with Gasteiger partial charge in [-0.15, -0.1) is 0 Å². The lowest BCUT2D eigenvalue weighted by molar-refractivity contribution is -0.115. The summed E-state index contributed by atoms with van der Waals surface area (Å²) in [5.74, 6) is -0.467. The van der Waals surface area contributed by atoms with Crippen LogP contribution in [0.5, 0.6) is 0 Å². The van der Waals surface area contributed by atoms with Crippen molar-refractivity contribution < 1.29 is 4.79 Å². The van der Waals surface area contributed by atoms with Crippen molar-refractivity contribution >= 4 is 28.7 Å². The average Bonchev–Trinajstić information content (AvgIpc) is 3.02. The van der Waals surface area contributed by atoms with E-state index < -0.39 is 5.92 Å². The lowest BCUT2D eigenvalue weighted by atomic mass is 9.90. The molecule has 1 heterocycles. The number of fused-ring (bicyclic) bond motifs is 1. The van der Waals surface area contributed by atoms with Crippen LogP contribution in [0.1, 0.15) is 17.0 Å². The number of carbonyl (C=O) groups excluding carboxylic acids is 1. The van der Waals surface area contributed by atoms with Crippen molar-refractivity contribution in [1.29, 1.82) is 0 Å². The first-order valence-corrected chi connectivity index (χ1v) is 8.58. The molecule has 0 radical (unpaired) electrons. The lowest BCUT2D eigenvalue weighted by Crippen LogP contribution is -2.21. The Bertz CT molecular complexity index is 979. The minimum atomic E-state index is -0.424. The highest BCUT2D eigenvalue weighted by molar-refractivity contribution is 6.24. The Labute approximate surface area is 152 Å². The van der Waals surface area contributed by atoms with Crippen molar-refractivity contribution in [3.8, 4) is 0 Å². The van der Waals surface area contributed by atoms with Gasteiger partial charge in [-0.25, -0.2) is 0 Å². The fourth-order valence-corrected chi connectivity index (χ4v) is 3.25. The van der Waals surface area contributed by atoms with Crippen molar-refractivity contribution in [3.05, 3.63) is 90.0 Å². The van der Waals surface area contributed by atoms with Gasteiger partial charge in [0, 0.05) is 18.4 Å². The van der Waals surface area contributed by atoms with Gasteiger partial charge in [-0.1, -0.05) is 54.6 Å². The molecule has 1 atom stereocenters. The quantitative estimate of drug-likeness (QED) is 0.682. The molecule has 0 fully saturated rings. The third kappa shape index (κ3) is 2.97. The molecule has 0 bridgehead atoms. The molecule has 1 amide bonds. The number of anilines is 2. The largest absolute Gasteiger partial charge is 0.388 e. The highest BCUT2D eigenvalue weighted by Crippen LogP contribution is 2.36. The normalized spacial score (nSPS) is 16.1. The number of rotatable bonds is 4. The van der Waals surface area contributed by atoms with Crippen molar-refractivity contribution in [2.45, 2.75) is 5.92 Å². The second kappa shape index (κ2) is 6.84. The van der Waals surface area contributed by atoms with E-state index in [1.807, 2.05) is 85.9 Å². The number of hydrogen-bond donors (Lipinski definition) is 2. The number of hydrogen-bond acceptors (Lipinski definition) is 3. The van der Waals surface area contributed by atoms with E-state index in [2.05, 4.69) is 10.6 Å². The molecule has 26 heavy (non-hydrogen) atoms. The predicted molar refractivity (Wildman–Crippen MR) is 106 cm³/mol. The van der Waals surface area contributed by atoms with Crippen LogP contribution in [0.3, 0.4) is 0 Å². The Morgan fingerprint density at radius 3 is 2.54 bits per heavy atom. The van der Waals surface area contributed by atoms with Gasteiger partial charge in [0.2, 0.25) is 5.91 Å². The average molecular weight is 341 g/mol. The predicted octanol–water partition coefficient (Wildman–Crippen LogP) is 4.59. The first-order valence-electron chi connectivity index (χ1n) is 8.58. The molecule has 0 aromatic heterocycles. The molecule has 4 heteroatoms. The van der Waals surface area contributed by atoms with Crippen molar-refractivity contribution in [1.82, 2.24) is 0 Å². The Kier molecular flexibility index (Phi) is 4.23. The van der Waals surface area contributed by atoms with Gasteiger partial charge in [-0.2, -0.15) is 0 Å². The third-order valence-corrected chi connectivity index (χ3v) is 4.52. The van der Waals surface area contributed by atoms with E-state index in [1.54, 1.807) is 0 Å². The zero-order chi connectivity index (χ0) is 17.9. The van der Waals surface area contributed by atoms with Gasteiger partial charge in [0.05, 0.1) is 11.4 Å². The van der Waals surface area contributed by atoms with Crippen LogP contribution in [0.2, 0.25) is 0 Å². The minimum Gasteiger partial charge on any atom is -0.388 e. The molecule has 3 aromatic rings. The number of nitrogens with one attached hydrogen (secondary N) is 2. The maximum absolute atomic E-state index is 12.8. The maximum Gasteiger partial charge on any atom is 0.238 e. The SMILES string of the molecule is CNc1cccc(N=C(c2ccccc2)C2C(=O)Nc3ccccc32)c1. The number of benzene rings is 3. The van der Waals surface area contributed by atoms with E-state index in [9.17, 15) is 4.79 Å². The van der Waals surface area contributed by atoms with E-state index in [1.165, 1.54) is 0 Å². The molecule has 128 valence electrons. The monoisotopic (exact) mass is 341 g/mol. The molecule has 1 aliphatic heterocycles. The summed E-state index contributed by atoms with van der Waals surface area (Å²) in [6.07, 6.45) is 0. The first kappa shape index (κ1) is 16.1. The number of aliphatic imine (C=N–C) groups is 1. The number of carbonyl (C=O) groups is 1. The summed E-state index contributed by atoms with van der Waals surface area (Å²) in [7, 11) is 1.88. The van der Waals surface area contributed by atoms with Crippen LogP contribution in [0.15, 0.2) is 83.9 Å². The van der Waals surface area contributed by atoms with Gasteiger partial charge in [-0.3, -0.25) is 9.79 Å². The fraction of sp³-hybridized carbons (Fsp3) is 0.0909. The Hall–Kier alpha value is -3.40. The molecule has 4 nitrogen and oxygen atoms in total. The van der Waals surface area contributed by atoms with Crippen molar-refractivity contribution in [2.24, 2.45) is 4.99 Å². The standard InChI is InChI=1S/C22H19N3O/c1-23-16-10-7-11-17(14-16)24-21(15-8-3-2-4-9-15)20-18-12-5-6-13-19(18)25-22(20)26/h2-14,20,23H,1H3,(H,25,26). The zero-order valence-corrected chi connectivity index (χ0v) is 14.4. The van der Waals surface area contributed by atoms with Gasteiger partial charge >= 0.3 is 0 Å². The highest BCUT2D eigenvalue weighted by atomic mass is 16.2. The van der Waals surface area contributed by atoms with E-state index in [4.69, 9.17) is 4.99 Å². The topological polar surface area (TPSA) is 53.5 Å². The first-order chi connectivity index (χ1) is 12.8. The van der Waals surface area contributed by atoms with Gasteiger partial charge in [0.1, 0.15) is 5.92 Å². The van der Waals surface area contributed by atoms with Crippen LogP contribution in [-0.2, 0) is 4.79 Å². The molecular weight excluding hydrogens is 322 g/mol. The minimum absolute atomic E-state index is 0.0430. The maximum atomic E-state index is 12.8. The second-order valence-corrected chi connectivity index (χ2v) is 6.17. The van der Waals surface area contributed by atoms with E-state index in [-0.39, 0.29) is 5.91 Å². The van der Waals surface area contributed by atoms with Gasteiger partial charge in [-0.05, 0) is 35.4 Å². The fourth-order valence-electron chi connectivity index (χ4n) is 3.25. The van der Waals surface area contributed by atoms with Gasteiger partial charge < -0.3 is 10.6 Å². The molecular formula is C22H19N3O. The molecule has 0 saturated heterocycles. The van der Waals surface area contributed by atoms with Gasteiger partial charge in [0.15, 0.2) is 0 Å². The van der Waals surface area contributed by atoms with Gasteiger partial charge in [0.25, 0.3) is 0 Å². The molecule has 1 unspecified atom stereocenters. The molecule has 1 aliphatic rings. The molecule has 3 aromatic carbocycles. The van der Waals surface area contributed by atoms with Crippen LogP contribution in [-0.4, -0.2) is 18.7 Å². The van der Waals surface area contributed by atoms with E-state index >= 15 is 0 Å². The number of para-hydroxylation sites is 1. The molecule has 0 aliphatic carbocycles. The van der Waals surface area contributed by atoms with Crippen LogP contribution in [0.4, 0.5) is 17.1 Å². The van der Waals surface area contributed by atoms with Crippen LogP contribution in [0.25, 0.3) is 0 Å². The van der Waals surface area contributed by atoms with E-state index in [0.717, 1.165) is 33.9 Å². The number of nitrogens with zero attached hydrogens (tertiary/aromatic N) is 1. The highest BCUT2D eigenvalue weighted by Gasteiger charge is 2.35. The Balaban J connectivity index is 1.87. The summed E-state index contributed by atoms with van der Waals surface area (Å²) in [5.41, 5.74) is 5.31. The third-order valence-electron chi connectivity index (χ3n) is 4.52. The summed E-state index contributed by atoms with van der Waals surface area (Å²) in [6, 6.07) is 25.5. The number of amides is 1. The Morgan fingerprint density at radius 1 is 0.962 bits per heavy atom. The van der Waals surface area contributed by atoms with Crippen molar-refractivity contribution in [2.75, 3.05) is 17.7 Å². The summed E-state index contributed by atoms with van der Waals surface area (Å²) in [4.78, 5) is 17.6. The molecule has 2 N–H and O–H groups in total. The van der Waals surface area contributed by atoms with E-state index in [0.29, 0.717) is 0 Å². The molecule has 0 saturated carbocycles. The molecule has 4 rings (SSSR count). The zero-order valence-electron chi connectivity index (χ0n) is 14.4. The van der Waals surface area contributed by atoms with Crippen molar-refractivity contribution in [3.63, 3.8) is 0 Å². The summed E-state index contributed by atoms with van der Waals surface area (Å²) < 4.78 is 0. The van der Waals surface area contributed by atoms with Crippen LogP contribution in [0, 0.1) is 0 Å². The van der Waals surface area contributed by atoms with Crippen LogP contribution < -0.4 is 10.6 Å². The Morgan fingerprint density at radius 2 is 1.73 bits per heavy atom.